The first-order valence-electron chi connectivity index (χ1n) is 5.39. The normalized spacial score (nSPS) is 10.9. The predicted molar refractivity (Wildman–Crippen MR) is 78.4 cm³/mol. The van der Waals surface area contributed by atoms with Crippen LogP contribution in [0.1, 0.15) is 5.56 Å². The van der Waals surface area contributed by atoms with Crippen LogP contribution in [-0.2, 0) is 5.75 Å². The maximum Gasteiger partial charge on any atom is 0.151 e. The summed E-state index contributed by atoms with van der Waals surface area (Å²) in [6.45, 7) is 0. The van der Waals surface area contributed by atoms with Crippen LogP contribution in [0.3, 0.4) is 0 Å². The molecule has 0 fully saturated rings. The fraction of sp³-hybridized carbons (Fsp3) is 0.0769. The van der Waals surface area contributed by atoms with Gasteiger partial charge in [-0.15, -0.1) is 11.3 Å². The standard InChI is InChI=1S/C13H9ClN2S2/c14-10-3-4-12-11(6-10)16-13(18-12)17-8-9-2-1-5-15-7-9/h1-7H,8H2. The van der Waals surface area contributed by atoms with Crippen molar-refractivity contribution >= 4 is 44.9 Å². The van der Waals surface area contributed by atoms with E-state index >= 15 is 0 Å². The van der Waals surface area contributed by atoms with Gasteiger partial charge in [-0.25, -0.2) is 4.98 Å². The van der Waals surface area contributed by atoms with E-state index in [1.807, 2.05) is 30.5 Å². The molecule has 0 spiro atoms. The van der Waals surface area contributed by atoms with E-state index in [0.29, 0.717) is 0 Å². The number of hydrogen-bond acceptors (Lipinski definition) is 4. The molecule has 0 aliphatic carbocycles. The molecule has 0 unspecified atom stereocenters. The molecule has 18 heavy (non-hydrogen) atoms. The summed E-state index contributed by atoms with van der Waals surface area (Å²) in [4.78, 5) is 8.67. The molecule has 90 valence electrons. The molecule has 5 heteroatoms. The van der Waals surface area contributed by atoms with Crippen LogP contribution in [0.25, 0.3) is 10.2 Å². The van der Waals surface area contributed by atoms with Crippen LogP contribution in [0.15, 0.2) is 47.1 Å². The van der Waals surface area contributed by atoms with E-state index in [1.165, 1.54) is 10.3 Å². The smallest absolute Gasteiger partial charge is 0.151 e. The Morgan fingerprint density at radius 3 is 3.06 bits per heavy atom. The van der Waals surface area contributed by atoms with E-state index in [9.17, 15) is 0 Å². The van der Waals surface area contributed by atoms with E-state index in [4.69, 9.17) is 11.6 Å². The highest BCUT2D eigenvalue weighted by Gasteiger charge is 2.05. The summed E-state index contributed by atoms with van der Waals surface area (Å²) in [7, 11) is 0. The van der Waals surface area contributed by atoms with E-state index < -0.39 is 0 Å². The van der Waals surface area contributed by atoms with Crippen LogP contribution in [0.2, 0.25) is 5.02 Å². The minimum absolute atomic E-state index is 0.733. The summed E-state index contributed by atoms with van der Waals surface area (Å²) < 4.78 is 2.24. The molecule has 0 N–H and O–H groups in total. The van der Waals surface area contributed by atoms with Gasteiger partial charge in [0.25, 0.3) is 0 Å². The molecule has 2 nitrogen and oxygen atoms in total. The van der Waals surface area contributed by atoms with Crippen LogP contribution in [-0.4, -0.2) is 9.97 Å². The van der Waals surface area contributed by atoms with Gasteiger partial charge >= 0.3 is 0 Å². The number of benzene rings is 1. The van der Waals surface area contributed by atoms with Gasteiger partial charge in [0, 0.05) is 23.2 Å². The van der Waals surface area contributed by atoms with E-state index in [2.05, 4.69) is 16.0 Å². The minimum atomic E-state index is 0.733. The number of pyridine rings is 1. The van der Waals surface area contributed by atoms with Crippen molar-refractivity contribution in [2.24, 2.45) is 0 Å². The average Bonchev–Trinajstić information content (AvgIpc) is 2.79. The van der Waals surface area contributed by atoms with Gasteiger partial charge in [0.05, 0.1) is 10.2 Å². The molecule has 0 amide bonds. The van der Waals surface area contributed by atoms with Crippen molar-refractivity contribution in [2.45, 2.75) is 10.1 Å². The Labute approximate surface area is 118 Å². The van der Waals surface area contributed by atoms with Crippen LogP contribution in [0.5, 0.6) is 0 Å². The van der Waals surface area contributed by atoms with Crippen molar-refractivity contribution in [1.29, 1.82) is 0 Å². The van der Waals surface area contributed by atoms with Gasteiger partial charge in [0.1, 0.15) is 0 Å². The zero-order valence-electron chi connectivity index (χ0n) is 9.34. The second-order valence-electron chi connectivity index (χ2n) is 3.74. The topological polar surface area (TPSA) is 25.8 Å². The number of thiazole rings is 1. The molecule has 0 bridgehead atoms. The first-order valence-corrected chi connectivity index (χ1v) is 7.57. The highest BCUT2D eigenvalue weighted by molar-refractivity contribution is 8.00. The number of aromatic nitrogens is 2. The maximum absolute atomic E-state index is 5.95. The zero-order chi connectivity index (χ0) is 12.4. The number of halogens is 1. The Hall–Kier alpha value is -1.10. The van der Waals surface area contributed by atoms with Gasteiger partial charge in [-0.05, 0) is 29.8 Å². The molecular formula is C13H9ClN2S2. The second kappa shape index (κ2) is 5.26. The van der Waals surface area contributed by atoms with Crippen molar-refractivity contribution in [1.82, 2.24) is 9.97 Å². The summed E-state index contributed by atoms with van der Waals surface area (Å²) in [5.41, 5.74) is 2.18. The third kappa shape index (κ3) is 2.66. The summed E-state index contributed by atoms with van der Waals surface area (Å²) in [6.07, 6.45) is 3.67. The van der Waals surface area contributed by atoms with Crippen molar-refractivity contribution in [2.75, 3.05) is 0 Å². The Balaban J connectivity index is 1.79. The lowest BCUT2D eigenvalue weighted by molar-refractivity contribution is 1.24. The maximum atomic E-state index is 5.95. The second-order valence-corrected chi connectivity index (χ2v) is 6.43. The van der Waals surface area contributed by atoms with Gasteiger partial charge < -0.3 is 0 Å². The highest BCUT2D eigenvalue weighted by atomic mass is 35.5. The van der Waals surface area contributed by atoms with Crippen molar-refractivity contribution in [3.8, 4) is 0 Å². The first kappa shape index (κ1) is 12.0. The molecular weight excluding hydrogens is 284 g/mol. The van der Waals surface area contributed by atoms with Gasteiger partial charge in [-0.3, -0.25) is 4.98 Å². The monoisotopic (exact) mass is 292 g/mol. The van der Waals surface area contributed by atoms with Crippen molar-refractivity contribution in [3.63, 3.8) is 0 Å². The Morgan fingerprint density at radius 2 is 2.22 bits per heavy atom. The van der Waals surface area contributed by atoms with Gasteiger partial charge in [-0.1, -0.05) is 29.4 Å². The molecule has 0 aliphatic heterocycles. The van der Waals surface area contributed by atoms with Gasteiger partial charge in [0.15, 0.2) is 4.34 Å². The van der Waals surface area contributed by atoms with Crippen molar-refractivity contribution < 1.29 is 0 Å². The summed E-state index contributed by atoms with van der Waals surface area (Å²) in [6, 6.07) is 9.85. The van der Waals surface area contributed by atoms with Crippen LogP contribution in [0.4, 0.5) is 0 Å². The van der Waals surface area contributed by atoms with Crippen LogP contribution >= 0.6 is 34.7 Å². The highest BCUT2D eigenvalue weighted by Crippen LogP contribution is 2.32. The molecule has 3 rings (SSSR count). The molecule has 2 heterocycles. The summed E-state index contributed by atoms with van der Waals surface area (Å²) >= 11 is 9.38. The lowest BCUT2D eigenvalue weighted by Gasteiger charge is -1.96. The number of thioether (sulfide) groups is 1. The van der Waals surface area contributed by atoms with E-state index in [1.54, 1.807) is 29.3 Å². The lowest BCUT2D eigenvalue weighted by atomic mass is 10.3. The zero-order valence-corrected chi connectivity index (χ0v) is 11.7. The molecule has 0 saturated heterocycles. The largest absolute Gasteiger partial charge is 0.264 e. The van der Waals surface area contributed by atoms with Crippen LogP contribution < -0.4 is 0 Å². The predicted octanol–water partition coefficient (Wildman–Crippen LogP) is 4.64. The SMILES string of the molecule is Clc1ccc2sc(SCc3cccnc3)nc2c1. The Bertz CT molecular complexity index is 667. The molecule has 0 atom stereocenters. The quantitative estimate of drug-likeness (QED) is 0.658. The van der Waals surface area contributed by atoms with E-state index in [-0.39, 0.29) is 0 Å². The molecule has 0 saturated carbocycles. The molecule has 1 aromatic carbocycles. The number of hydrogen-bond donors (Lipinski definition) is 0. The summed E-state index contributed by atoms with van der Waals surface area (Å²) in [5, 5.41) is 0.733. The third-order valence-electron chi connectivity index (χ3n) is 2.42. The lowest BCUT2D eigenvalue weighted by Crippen LogP contribution is -1.80. The fourth-order valence-electron chi connectivity index (χ4n) is 1.57. The van der Waals surface area contributed by atoms with Gasteiger partial charge in [0.2, 0.25) is 0 Å². The number of fused-ring (bicyclic) bond motifs is 1. The molecule has 2 aromatic heterocycles. The molecule has 0 radical (unpaired) electrons. The Morgan fingerprint density at radius 1 is 1.28 bits per heavy atom. The third-order valence-corrected chi connectivity index (χ3v) is 4.90. The van der Waals surface area contributed by atoms with Gasteiger partial charge in [-0.2, -0.15) is 0 Å². The number of nitrogens with zero attached hydrogens (tertiary/aromatic N) is 2. The molecule has 3 aromatic rings. The van der Waals surface area contributed by atoms with E-state index in [0.717, 1.165) is 20.6 Å². The van der Waals surface area contributed by atoms with Crippen molar-refractivity contribution in [3.05, 3.63) is 53.3 Å². The first-order chi connectivity index (χ1) is 8.81. The fourth-order valence-corrected chi connectivity index (χ4v) is 3.72. The summed E-state index contributed by atoms with van der Waals surface area (Å²) in [5.74, 6) is 0.890. The minimum Gasteiger partial charge on any atom is -0.264 e. The van der Waals surface area contributed by atoms with Crippen LogP contribution in [0, 0.1) is 0 Å². The molecule has 0 aliphatic rings. The average molecular weight is 293 g/mol. The Kier molecular flexibility index (Phi) is 3.50. The number of rotatable bonds is 3.